The van der Waals surface area contributed by atoms with Crippen LogP contribution in [0.25, 0.3) is 0 Å². The van der Waals surface area contributed by atoms with Crippen molar-refractivity contribution < 1.29 is 9.53 Å². The highest BCUT2D eigenvalue weighted by Gasteiger charge is 2.11. The van der Waals surface area contributed by atoms with Gasteiger partial charge in [0.2, 0.25) is 5.91 Å². The first-order chi connectivity index (χ1) is 7.58. The van der Waals surface area contributed by atoms with E-state index in [9.17, 15) is 4.79 Å². The number of benzene rings is 1. The van der Waals surface area contributed by atoms with Crippen LogP contribution in [0.5, 0.6) is 5.75 Å². The van der Waals surface area contributed by atoms with Gasteiger partial charge in [0.05, 0.1) is 18.0 Å². The smallest absolute Gasteiger partial charge is 0.237 e. The summed E-state index contributed by atoms with van der Waals surface area (Å²) in [6, 6.07) is 5.18. The fourth-order valence-electron chi connectivity index (χ4n) is 1.16. The average molecular weight is 240 g/mol. The molecule has 1 unspecified atom stereocenters. The maximum atomic E-state index is 11.6. The maximum absolute atomic E-state index is 11.6. The Bertz CT molecular complexity index is 382. The summed E-state index contributed by atoms with van der Waals surface area (Å²) in [5, 5.41) is 2.71. The third-order valence-electron chi connectivity index (χ3n) is 2.22. The van der Waals surface area contributed by atoms with Crippen molar-refractivity contribution in [3.63, 3.8) is 0 Å². The number of nitrogens with one attached hydrogen (secondary N) is 1. The van der Waals surface area contributed by atoms with E-state index in [1.807, 2.05) is 13.2 Å². The van der Waals surface area contributed by atoms with E-state index in [0.717, 1.165) is 0 Å². The lowest BCUT2D eigenvalue weighted by Gasteiger charge is -2.11. The van der Waals surface area contributed by atoms with E-state index in [0.29, 0.717) is 17.1 Å². The molecule has 0 aromatic heterocycles. The molecule has 0 spiro atoms. The highest BCUT2D eigenvalue weighted by molar-refractivity contribution is 7.99. The fourth-order valence-corrected chi connectivity index (χ4v) is 1.44. The summed E-state index contributed by atoms with van der Waals surface area (Å²) in [6.45, 7) is 1.85. The minimum absolute atomic E-state index is 0.0305. The number of anilines is 2. The Morgan fingerprint density at radius 2 is 2.25 bits per heavy atom. The SMILES string of the molecule is COc1ccc(NC(=O)C(C)SC)cc1N. The van der Waals surface area contributed by atoms with Gasteiger partial charge in [0.15, 0.2) is 0 Å². The maximum Gasteiger partial charge on any atom is 0.237 e. The van der Waals surface area contributed by atoms with E-state index >= 15 is 0 Å². The van der Waals surface area contributed by atoms with Gasteiger partial charge >= 0.3 is 0 Å². The second-order valence-electron chi connectivity index (χ2n) is 3.32. The van der Waals surface area contributed by atoms with Crippen molar-refractivity contribution in [2.45, 2.75) is 12.2 Å². The molecule has 0 aliphatic rings. The lowest BCUT2D eigenvalue weighted by atomic mass is 10.2. The van der Waals surface area contributed by atoms with Gasteiger partial charge in [-0.05, 0) is 31.4 Å². The quantitative estimate of drug-likeness (QED) is 0.790. The van der Waals surface area contributed by atoms with Crippen LogP contribution in [-0.2, 0) is 4.79 Å². The van der Waals surface area contributed by atoms with Crippen LogP contribution < -0.4 is 15.8 Å². The van der Waals surface area contributed by atoms with Crippen LogP contribution in [0.4, 0.5) is 11.4 Å². The van der Waals surface area contributed by atoms with Crippen LogP contribution in [0.1, 0.15) is 6.92 Å². The number of thioether (sulfide) groups is 1. The topological polar surface area (TPSA) is 64.3 Å². The number of amides is 1. The molecule has 0 saturated heterocycles. The third kappa shape index (κ3) is 3.06. The molecule has 0 saturated carbocycles. The summed E-state index contributed by atoms with van der Waals surface area (Å²) >= 11 is 1.50. The van der Waals surface area contributed by atoms with Gasteiger partial charge in [0.25, 0.3) is 0 Å². The van der Waals surface area contributed by atoms with Crippen LogP contribution in [0, 0.1) is 0 Å². The first-order valence-electron chi connectivity index (χ1n) is 4.85. The zero-order valence-electron chi connectivity index (χ0n) is 9.61. The molecule has 0 bridgehead atoms. The van der Waals surface area contributed by atoms with Gasteiger partial charge in [0, 0.05) is 5.69 Å². The Morgan fingerprint density at radius 1 is 1.56 bits per heavy atom. The van der Waals surface area contributed by atoms with Crippen LogP contribution >= 0.6 is 11.8 Å². The first-order valence-corrected chi connectivity index (χ1v) is 6.14. The normalized spacial score (nSPS) is 11.9. The summed E-state index contributed by atoms with van der Waals surface area (Å²) in [6.07, 6.45) is 1.90. The number of carbonyl (C=O) groups is 1. The molecule has 1 amide bonds. The Kier molecular flexibility index (Phi) is 4.49. The van der Waals surface area contributed by atoms with Gasteiger partial charge < -0.3 is 15.8 Å². The van der Waals surface area contributed by atoms with E-state index in [4.69, 9.17) is 10.5 Å². The Balaban J connectivity index is 2.75. The first kappa shape index (κ1) is 12.7. The molecular formula is C11H16N2O2S. The minimum atomic E-state index is -0.0803. The number of rotatable bonds is 4. The van der Waals surface area contributed by atoms with Crippen molar-refractivity contribution in [3.05, 3.63) is 18.2 Å². The number of nitrogen functional groups attached to an aromatic ring is 1. The Hall–Kier alpha value is -1.36. The van der Waals surface area contributed by atoms with Crippen molar-refractivity contribution in [2.75, 3.05) is 24.4 Å². The van der Waals surface area contributed by atoms with E-state index in [-0.39, 0.29) is 11.2 Å². The van der Waals surface area contributed by atoms with E-state index in [2.05, 4.69) is 5.32 Å². The largest absolute Gasteiger partial charge is 0.495 e. The molecule has 1 atom stereocenters. The van der Waals surface area contributed by atoms with Crippen molar-refractivity contribution in [2.24, 2.45) is 0 Å². The minimum Gasteiger partial charge on any atom is -0.495 e. The molecule has 4 nitrogen and oxygen atoms in total. The van der Waals surface area contributed by atoms with Gasteiger partial charge in [-0.2, -0.15) is 11.8 Å². The lowest BCUT2D eigenvalue weighted by Crippen LogP contribution is -2.22. The van der Waals surface area contributed by atoms with E-state index in [1.54, 1.807) is 25.3 Å². The average Bonchev–Trinajstić information content (AvgIpc) is 2.28. The van der Waals surface area contributed by atoms with Crippen LogP contribution in [0.2, 0.25) is 0 Å². The monoisotopic (exact) mass is 240 g/mol. The predicted molar refractivity (Wildman–Crippen MR) is 69.0 cm³/mol. The van der Waals surface area contributed by atoms with Crippen LogP contribution in [-0.4, -0.2) is 24.5 Å². The fraction of sp³-hybridized carbons (Fsp3) is 0.364. The second kappa shape index (κ2) is 5.65. The van der Waals surface area contributed by atoms with Gasteiger partial charge in [-0.3, -0.25) is 4.79 Å². The molecule has 0 fully saturated rings. The molecule has 5 heteroatoms. The second-order valence-corrected chi connectivity index (χ2v) is 4.50. The molecule has 0 aliphatic carbocycles. The molecule has 1 aromatic rings. The highest BCUT2D eigenvalue weighted by Crippen LogP contribution is 2.24. The van der Waals surface area contributed by atoms with E-state index in [1.165, 1.54) is 11.8 Å². The molecule has 16 heavy (non-hydrogen) atoms. The highest BCUT2D eigenvalue weighted by atomic mass is 32.2. The van der Waals surface area contributed by atoms with Gasteiger partial charge in [-0.1, -0.05) is 0 Å². The standard InChI is InChI=1S/C11H16N2O2S/c1-7(16-3)11(14)13-8-4-5-10(15-2)9(12)6-8/h4-7H,12H2,1-3H3,(H,13,14). The Morgan fingerprint density at radius 3 is 2.75 bits per heavy atom. The zero-order chi connectivity index (χ0) is 12.1. The summed E-state index contributed by atoms with van der Waals surface area (Å²) in [4.78, 5) is 11.6. The summed E-state index contributed by atoms with van der Waals surface area (Å²) in [5.74, 6) is 0.577. The molecule has 0 aliphatic heterocycles. The number of ether oxygens (including phenoxy) is 1. The molecule has 0 radical (unpaired) electrons. The molecule has 0 heterocycles. The van der Waals surface area contributed by atoms with Crippen molar-refractivity contribution in [1.29, 1.82) is 0 Å². The van der Waals surface area contributed by atoms with Gasteiger partial charge in [0.1, 0.15) is 5.75 Å². The summed E-state index contributed by atoms with van der Waals surface area (Å²) in [5.41, 5.74) is 6.93. The summed E-state index contributed by atoms with van der Waals surface area (Å²) < 4.78 is 5.03. The van der Waals surface area contributed by atoms with Gasteiger partial charge in [-0.25, -0.2) is 0 Å². The number of carbonyl (C=O) groups excluding carboxylic acids is 1. The van der Waals surface area contributed by atoms with Gasteiger partial charge in [-0.15, -0.1) is 0 Å². The van der Waals surface area contributed by atoms with Crippen LogP contribution in [0.15, 0.2) is 18.2 Å². The van der Waals surface area contributed by atoms with E-state index < -0.39 is 0 Å². The number of hydrogen-bond donors (Lipinski definition) is 2. The van der Waals surface area contributed by atoms with Crippen molar-refractivity contribution >= 4 is 29.0 Å². The number of methoxy groups -OCH3 is 1. The molecular weight excluding hydrogens is 224 g/mol. The molecule has 88 valence electrons. The predicted octanol–water partition coefficient (Wildman–Crippen LogP) is 1.97. The molecule has 1 rings (SSSR count). The lowest BCUT2D eigenvalue weighted by molar-refractivity contribution is -0.115. The third-order valence-corrected chi connectivity index (χ3v) is 3.14. The van der Waals surface area contributed by atoms with Crippen molar-refractivity contribution in [3.8, 4) is 5.75 Å². The number of hydrogen-bond acceptors (Lipinski definition) is 4. The zero-order valence-corrected chi connectivity index (χ0v) is 10.4. The number of nitrogens with two attached hydrogens (primary N) is 1. The Labute approximate surface area is 99.5 Å². The van der Waals surface area contributed by atoms with Crippen molar-refractivity contribution in [1.82, 2.24) is 0 Å². The summed E-state index contributed by atoms with van der Waals surface area (Å²) in [7, 11) is 1.56. The molecule has 1 aromatic carbocycles. The molecule has 3 N–H and O–H groups in total. The van der Waals surface area contributed by atoms with Crippen LogP contribution in [0.3, 0.4) is 0 Å².